The molecule has 0 aromatic carbocycles. The first-order valence-corrected chi connectivity index (χ1v) is 16.2. The van der Waals surface area contributed by atoms with Crippen molar-refractivity contribution in [1.82, 2.24) is 19.9 Å². The van der Waals surface area contributed by atoms with E-state index in [1.807, 2.05) is 24.3 Å². The van der Waals surface area contributed by atoms with E-state index >= 15 is 0 Å². The molecule has 0 saturated heterocycles. The maximum atomic E-state index is 5.74. The molecular weight excluding hydrogens is 553 g/mol. The summed E-state index contributed by atoms with van der Waals surface area (Å²) in [6, 6.07) is 24.9. The Hall–Kier alpha value is -2.82. The lowest BCUT2D eigenvalue weighted by atomic mass is 9.70. The predicted molar refractivity (Wildman–Crippen MR) is 164 cm³/mol. The van der Waals surface area contributed by atoms with Crippen LogP contribution in [0.2, 0.25) is 0 Å². The van der Waals surface area contributed by atoms with Gasteiger partial charge in [0.05, 0.1) is 72.5 Å². The third kappa shape index (κ3) is 7.53. The van der Waals surface area contributed by atoms with Crippen molar-refractivity contribution in [2.45, 2.75) is 34.7 Å². The molecule has 5 heterocycles. The maximum Gasteiger partial charge on any atom is 0.0968 e. The summed E-state index contributed by atoms with van der Waals surface area (Å²) in [5.41, 5.74) is 5.82. The summed E-state index contributed by atoms with van der Waals surface area (Å²) in [4.78, 5) is 19.9. The van der Waals surface area contributed by atoms with Crippen molar-refractivity contribution < 1.29 is 14.2 Å². The van der Waals surface area contributed by atoms with Crippen LogP contribution in [0.3, 0.4) is 0 Å². The summed E-state index contributed by atoms with van der Waals surface area (Å²) < 4.78 is 17.1. The van der Waals surface area contributed by atoms with Gasteiger partial charge in [0.15, 0.2) is 0 Å². The molecule has 0 amide bonds. The summed E-state index contributed by atoms with van der Waals surface area (Å²) in [5.74, 6) is 2.35. The van der Waals surface area contributed by atoms with Gasteiger partial charge in [-0.05, 0) is 61.4 Å². The topological polar surface area (TPSA) is 79.3 Å². The van der Waals surface area contributed by atoms with Gasteiger partial charge >= 0.3 is 0 Å². The smallest absolute Gasteiger partial charge is 0.0968 e. The number of pyridine rings is 4. The van der Waals surface area contributed by atoms with Crippen LogP contribution < -0.4 is 0 Å². The average molecular weight is 587 g/mol. The van der Waals surface area contributed by atoms with Crippen LogP contribution in [-0.4, -0.2) is 71.1 Å². The molecule has 2 aliphatic rings. The minimum Gasteiger partial charge on any atom is -0.378 e. The van der Waals surface area contributed by atoms with Crippen molar-refractivity contribution >= 4 is 23.5 Å². The Morgan fingerprint density at radius 2 is 0.854 bits per heavy atom. The van der Waals surface area contributed by atoms with Crippen LogP contribution in [0, 0.1) is 0 Å². The normalized spacial score (nSPS) is 20.7. The Morgan fingerprint density at radius 1 is 0.463 bits per heavy atom. The lowest BCUT2D eigenvalue weighted by molar-refractivity contribution is 0.0205. The van der Waals surface area contributed by atoms with Crippen LogP contribution in [0.4, 0.5) is 0 Å². The molecule has 7 nitrogen and oxygen atoms in total. The highest BCUT2D eigenvalue weighted by Gasteiger charge is 2.35. The van der Waals surface area contributed by atoms with Gasteiger partial charge in [-0.25, -0.2) is 9.97 Å². The van der Waals surface area contributed by atoms with E-state index in [-0.39, 0.29) is 0 Å². The third-order valence-corrected chi connectivity index (χ3v) is 9.03. The monoisotopic (exact) mass is 586 g/mol. The van der Waals surface area contributed by atoms with E-state index in [2.05, 4.69) is 48.5 Å². The van der Waals surface area contributed by atoms with Crippen molar-refractivity contribution in [1.29, 1.82) is 0 Å². The summed E-state index contributed by atoms with van der Waals surface area (Å²) in [6.07, 6.45) is 2.21. The van der Waals surface area contributed by atoms with Gasteiger partial charge in [-0.1, -0.05) is 24.3 Å². The number of aromatic nitrogens is 4. The number of fused-ring (bicyclic) bond motifs is 13. The zero-order chi connectivity index (χ0) is 27.7. The number of hydrogen-bond donors (Lipinski definition) is 0. The van der Waals surface area contributed by atoms with Gasteiger partial charge in [0.25, 0.3) is 0 Å². The molecular formula is C32H34N4O3S2. The highest BCUT2D eigenvalue weighted by Crippen LogP contribution is 2.48. The predicted octanol–water partition coefficient (Wildman–Crippen LogP) is 6.51. The summed E-state index contributed by atoms with van der Waals surface area (Å²) in [5, 5.41) is 1.95. The summed E-state index contributed by atoms with van der Waals surface area (Å²) >= 11 is 3.39. The standard InChI is InChI=1S/C32H34N4O3S2/c1-5-25-23-13-14-24(23)26-6-2-8-28(34-26)30-10-4-12-32(36-30)41-22-20-39-18-16-37-15-17-38-19-21-40-31-11-3-9-29(35-31)27(7-1)33-25/h1-12,23-24H,13-22H2/t23-,24+. The van der Waals surface area contributed by atoms with Gasteiger partial charge in [0, 0.05) is 34.7 Å². The molecule has 0 N–H and O–H groups in total. The van der Waals surface area contributed by atoms with E-state index in [9.17, 15) is 0 Å². The van der Waals surface area contributed by atoms with E-state index < -0.39 is 0 Å². The van der Waals surface area contributed by atoms with E-state index in [4.69, 9.17) is 34.1 Å². The molecule has 8 bridgehead atoms. The molecule has 1 aliphatic carbocycles. The summed E-state index contributed by atoms with van der Waals surface area (Å²) in [7, 11) is 0. The number of hydrogen-bond acceptors (Lipinski definition) is 9. The zero-order valence-electron chi connectivity index (χ0n) is 23.0. The molecule has 212 valence electrons. The van der Waals surface area contributed by atoms with Crippen molar-refractivity contribution in [3.05, 3.63) is 84.2 Å². The molecule has 4 aromatic heterocycles. The van der Waals surface area contributed by atoms with E-state index in [1.54, 1.807) is 23.5 Å². The van der Waals surface area contributed by atoms with Gasteiger partial charge in [0.2, 0.25) is 0 Å². The molecule has 1 aliphatic heterocycles. The molecule has 0 radical (unpaired) electrons. The molecule has 1 saturated carbocycles. The second-order valence-corrected chi connectivity index (χ2v) is 12.2. The van der Waals surface area contributed by atoms with Crippen LogP contribution in [0.25, 0.3) is 22.8 Å². The molecule has 1 fully saturated rings. The van der Waals surface area contributed by atoms with Gasteiger partial charge < -0.3 is 14.2 Å². The first-order valence-electron chi connectivity index (χ1n) is 14.2. The van der Waals surface area contributed by atoms with Crippen molar-refractivity contribution in [2.75, 3.05) is 51.1 Å². The number of rotatable bonds is 0. The molecule has 2 atom stereocenters. The second-order valence-electron chi connectivity index (χ2n) is 9.94. The van der Waals surface area contributed by atoms with E-state index in [0.717, 1.165) is 68.6 Å². The molecule has 0 spiro atoms. The Labute approximate surface area is 249 Å². The Bertz CT molecular complexity index is 1330. The van der Waals surface area contributed by atoms with Crippen LogP contribution in [0.15, 0.2) is 82.8 Å². The zero-order valence-corrected chi connectivity index (χ0v) is 24.6. The largest absolute Gasteiger partial charge is 0.378 e. The highest BCUT2D eigenvalue weighted by atomic mass is 32.2. The molecule has 6 rings (SSSR count). The molecule has 4 aromatic rings. The van der Waals surface area contributed by atoms with Crippen LogP contribution in [0.1, 0.15) is 36.1 Å². The van der Waals surface area contributed by atoms with Gasteiger partial charge in [-0.15, -0.1) is 23.5 Å². The Kier molecular flexibility index (Phi) is 9.93. The first-order chi connectivity index (χ1) is 20.3. The SMILES string of the molecule is c1cc2nc(c1)-c1cccc(n1)[C@H]1CC[C@H]1c1cccc(n1)-c1cccc(n1)SCCOCCOCCOCCS2. The van der Waals surface area contributed by atoms with Gasteiger partial charge in [-0.2, -0.15) is 0 Å². The van der Waals surface area contributed by atoms with Gasteiger partial charge in [0.1, 0.15) is 0 Å². The van der Waals surface area contributed by atoms with Crippen molar-refractivity contribution in [2.24, 2.45) is 0 Å². The number of nitrogens with zero attached hydrogens (tertiary/aromatic N) is 4. The van der Waals surface area contributed by atoms with E-state index in [1.165, 1.54) is 0 Å². The minimum absolute atomic E-state index is 0.342. The number of ether oxygens (including phenoxy) is 3. The van der Waals surface area contributed by atoms with Crippen LogP contribution in [-0.2, 0) is 14.2 Å². The van der Waals surface area contributed by atoms with Crippen LogP contribution >= 0.6 is 23.5 Å². The molecule has 41 heavy (non-hydrogen) atoms. The molecule has 9 heteroatoms. The van der Waals surface area contributed by atoms with Crippen molar-refractivity contribution in [3.63, 3.8) is 0 Å². The molecule has 0 unspecified atom stereocenters. The lowest BCUT2D eigenvalue weighted by Gasteiger charge is -2.36. The Morgan fingerprint density at radius 3 is 1.29 bits per heavy atom. The minimum atomic E-state index is 0.342. The average Bonchev–Trinajstić information content (AvgIpc) is 2.99. The fourth-order valence-corrected chi connectivity index (χ4v) is 6.53. The van der Waals surface area contributed by atoms with E-state index in [0.29, 0.717) is 51.5 Å². The number of thioether (sulfide) groups is 2. The quantitative estimate of drug-likeness (QED) is 0.229. The first kappa shape index (κ1) is 28.3. The Balaban J connectivity index is 1.23. The van der Waals surface area contributed by atoms with Gasteiger partial charge in [-0.3, -0.25) is 9.97 Å². The lowest BCUT2D eigenvalue weighted by Crippen LogP contribution is -2.24. The third-order valence-electron chi connectivity index (χ3n) is 7.25. The van der Waals surface area contributed by atoms with Crippen LogP contribution in [0.5, 0.6) is 0 Å². The fraction of sp³-hybridized carbons (Fsp3) is 0.375. The fourth-order valence-electron chi connectivity index (χ4n) is 5.04. The summed E-state index contributed by atoms with van der Waals surface area (Å²) in [6.45, 7) is 3.56. The maximum absolute atomic E-state index is 5.74. The van der Waals surface area contributed by atoms with Crippen molar-refractivity contribution in [3.8, 4) is 22.8 Å². The highest BCUT2D eigenvalue weighted by molar-refractivity contribution is 7.99. The second kappa shape index (κ2) is 14.4.